The van der Waals surface area contributed by atoms with Crippen molar-refractivity contribution in [2.75, 3.05) is 19.6 Å². The van der Waals surface area contributed by atoms with Crippen LogP contribution in [0.3, 0.4) is 0 Å². The summed E-state index contributed by atoms with van der Waals surface area (Å²) in [5.41, 5.74) is 12.8. The van der Waals surface area contributed by atoms with Gasteiger partial charge in [0.05, 0.1) is 6.42 Å². The molecule has 1 atom stereocenters. The van der Waals surface area contributed by atoms with Gasteiger partial charge < -0.3 is 15.2 Å². The van der Waals surface area contributed by atoms with Crippen molar-refractivity contribution < 1.29 is 14.3 Å². The number of amides is 1. The third-order valence-electron chi connectivity index (χ3n) is 3.52. The summed E-state index contributed by atoms with van der Waals surface area (Å²) in [6, 6.07) is 7.65. The molecule has 0 radical (unpaired) electrons. The fourth-order valence-electron chi connectivity index (χ4n) is 2.54. The molecule has 0 aromatic heterocycles. The van der Waals surface area contributed by atoms with Crippen LogP contribution in [0, 0.1) is 0 Å². The number of nitrogens with zero attached hydrogens (tertiary/aromatic N) is 1. The monoisotopic (exact) mass is 322 g/mol. The Morgan fingerprint density at radius 2 is 1.96 bits per heavy atom. The summed E-state index contributed by atoms with van der Waals surface area (Å²) in [5.74, 6) is -0.406. The van der Waals surface area contributed by atoms with E-state index in [1.54, 1.807) is 0 Å². The topological polar surface area (TPSA) is 88.9 Å². The van der Waals surface area contributed by atoms with Crippen molar-refractivity contribution in [2.24, 2.45) is 5.73 Å². The Morgan fingerprint density at radius 1 is 1.30 bits per heavy atom. The second-order valence-corrected chi connectivity index (χ2v) is 5.62. The summed E-state index contributed by atoms with van der Waals surface area (Å²) in [6.45, 7) is 6.10. The summed E-state index contributed by atoms with van der Waals surface area (Å²) in [7, 11) is 0. The lowest BCUT2D eigenvalue weighted by molar-refractivity contribution is -0.152. The quantitative estimate of drug-likeness (QED) is 0.598. The van der Waals surface area contributed by atoms with Crippen molar-refractivity contribution in [1.29, 1.82) is 0 Å². The van der Waals surface area contributed by atoms with E-state index in [-0.39, 0.29) is 0 Å². The second-order valence-electron chi connectivity index (χ2n) is 5.62. The Bertz CT molecular complexity index is 491. The largest absolute Gasteiger partial charge is 0.450 e. The molecular weight excluding hydrogens is 296 g/mol. The van der Waals surface area contributed by atoms with Crippen LogP contribution in [0.1, 0.15) is 32.3 Å². The molecular formula is C16H26N4O3. The number of primary amides is 1. The third-order valence-corrected chi connectivity index (χ3v) is 3.52. The number of rotatable bonds is 9. The molecule has 0 saturated heterocycles. The molecule has 7 heteroatoms. The average Bonchev–Trinajstić information content (AvgIpc) is 2.86. The van der Waals surface area contributed by atoms with Crippen molar-refractivity contribution >= 4 is 6.09 Å². The molecule has 0 aliphatic carbocycles. The van der Waals surface area contributed by atoms with E-state index in [9.17, 15) is 4.79 Å². The fraction of sp³-hybridized carbons (Fsp3) is 0.562. The zero-order valence-corrected chi connectivity index (χ0v) is 13.8. The number of carbonyl (C=O) groups is 1. The van der Waals surface area contributed by atoms with E-state index in [0.717, 1.165) is 37.2 Å². The lowest BCUT2D eigenvalue weighted by Gasteiger charge is -2.34. The molecule has 7 nitrogen and oxygen atoms in total. The highest BCUT2D eigenvalue weighted by molar-refractivity contribution is 5.65. The van der Waals surface area contributed by atoms with Crippen LogP contribution in [0.5, 0.6) is 5.75 Å². The van der Waals surface area contributed by atoms with Gasteiger partial charge in [0, 0.05) is 18.7 Å². The Kier molecular flexibility index (Phi) is 6.20. The van der Waals surface area contributed by atoms with Crippen LogP contribution in [-0.2, 0) is 11.2 Å². The smallest absolute Gasteiger partial charge is 0.407 e. The summed E-state index contributed by atoms with van der Waals surface area (Å²) >= 11 is 0. The van der Waals surface area contributed by atoms with Crippen molar-refractivity contribution in [3.8, 4) is 5.75 Å². The number of fused-ring (bicyclic) bond motifs is 1. The molecule has 0 saturated carbocycles. The van der Waals surface area contributed by atoms with Gasteiger partial charge in [-0.05, 0) is 18.9 Å². The third kappa shape index (κ3) is 4.82. The first-order valence-corrected chi connectivity index (χ1v) is 8.08. The molecule has 4 N–H and O–H groups in total. The number of hydrazine groups is 2. The Balaban J connectivity index is 2.13. The Morgan fingerprint density at radius 3 is 2.52 bits per heavy atom. The first-order valence-electron chi connectivity index (χ1n) is 8.08. The van der Waals surface area contributed by atoms with Gasteiger partial charge in [-0.25, -0.2) is 15.6 Å². The van der Waals surface area contributed by atoms with Gasteiger partial charge in [-0.3, -0.25) is 0 Å². The van der Waals surface area contributed by atoms with Crippen LogP contribution >= 0.6 is 0 Å². The van der Waals surface area contributed by atoms with Crippen molar-refractivity contribution in [3.05, 3.63) is 29.8 Å². The van der Waals surface area contributed by atoms with E-state index < -0.39 is 11.9 Å². The van der Waals surface area contributed by atoms with Gasteiger partial charge in [-0.2, -0.15) is 5.12 Å². The highest BCUT2D eigenvalue weighted by Gasteiger charge is 2.44. The van der Waals surface area contributed by atoms with Crippen molar-refractivity contribution in [3.63, 3.8) is 0 Å². The fourth-order valence-corrected chi connectivity index (χ4v) is 2.54. The number of nitrogens with one attached hydrogen (secondary N) is 2. The highest BCUT2D eigenvalue weighted by Crippen LogP contribution is 2.36. The van der Waals surface area contributed by atoms with E-state index in [4.69, 9.17) is 15.2 Å². The van der Waals surface area contributed by atoms with E-state index in [0.29, 0.717) is 13.0 Å². The maximum absolute atomic E-state index is 11.4. The highest BCUT2D eigenvalue weighted by atomic mass is 16.7. The van der Waals surface area contributed by atoms with E-state index in [2.05, 4.69) is 24.7 Å². The molecule has 23 heavy (non-hydrogen) atoms. The van der Waals surface area contributed by atoms with Gasteiger partial charge in [-0.15, -0.1) is 0 Å². The minimum absolute atomic E-state index is 0.324. The molecule has 1 heterocycles. The van der Waals surface area contributed by atoms with Crippen LogP contribution in [0.25, 0.3) is 0 Å². The zero-order chi connectivity index (χ0) is 16.7. The predicted molar refractivity (Wildman–Crippen MR) is 87.5 cm³/mol. The molecule has 0 fully saturated rings. The first kappa shape index (κ1) is 17.5. The van der Waals surface area contributed by atoms with Crippen LogP contribution in [0.15, 0.2) is 24.3 Å². The molecule has 0 spiro atoms. The summed E-state index contributed by atoms with van der Waals surface area (Å²) in [4.78, 5) is 11.4. The molecule has 1 aromatic carbocycles. The van der Waals surface area contributed by atoms with E-state index >= 15 is 0 Å². The summed E-state index contributed by atoms with van der Waals surface area (Å²) in [5, 5.41) is 1.82. The molecule has 1 aliphatic heterocycles. The second kappa shape index (κ2) is 8.14. The SMILES string of the molecule is CCCNN(CC1(OC(N)=O)Cc2ccccc2O1)NCCC. The molecule has 128 valence electrons. The van der Waals surface area contributed by atoms with Crippen molar-refractivity contribution in [1.82, 2.24) is 16.0 Å². The Hall–Kier alpha value is -1.83. The normalized spacial score (nSPS) is 19.4. The lowest BCUT2D eigenvalue weighted by Crippen LogP contribution is -2.59. The number of carbonyl (C=O) groups excluding carboxylic acids is 1. The standard InChI is InChI=1S/C16H26N4O3/c1-3-9-18-20(19-10-4-2)12-16(23-15(17)21)11-13-7-5-6-8-14(13)22-16/h5-8,18-19H,3-4,9-12H2,1-2H3,(H2,17,21). The van der Waals surface area contributed by atoms with Crippen LogP contribution in [0.4, 0.5) is 4.79 Å². The van der Waals surface area contributed by atoms with Gasteiger partial charge >= 0.3 is 6.09 Å². The first-order chi connectivity index (χ1) is 11.1. The van der Waals surface area contributed by atoms with E-state index in [1.165, 1.54) is 0 Å². The van der Waals surface area contributed by atoms with Crippen LogP contribution in [0.2, 0.25) is 0 Å². The van der Waals surface area contributed by atoms with Gasteiger partial charge in [-0.1, -0.05) is 32.0 Å². The van der Waals surface area contributed by atoms with Gasteiger partial charge in [0.1, 0.15) is 12.3 Å². The molecule has 1 unspecified atom stereocenters. The van der Waals surface area contributed by atoms with E-state index in [1.807, 2.05) is 29.4 Å². The number of hydrogen-bond donors (Lipinski definition) is 3. The van der Waals surface area contributed by atoms with Crippen LogP contribution < -0.4 is 21.3 Å². The maximum atomic E-state index is 11.4. The summed E-state index contributed by atoms with van der Waals surface area (Å²) in [6.07, 6.45) is 1.58. The van der Waals surface area contributed by atoms with Gasteiger partial charge in [0.25, 0.3) is 5.79 Å². The average molecular weight is 322 g/mol. The number of para-hydroxylation sites is 1. The Labute approximate surface area is 137 Å². The van der Waals surface area contributed by atoms with Crippen molar-refractivity contribution in [2.45, 2.75) is 38.9 Å². The minimum atomic E-state index is -1.13. The molecule has 2 rings (SSSR count). The van der Waals surface area contributed by atoms with Gasteiger partial charge in [0.2, 0.25) is 0 Å². The molecule has 1 amide bonds. The number of benzene rings is 1. The molecule has 1 aromatic rings. The summed E-state index contributed by atoms with van der Waals surface area (Å²) < 4.78 is 11.3. The number of nitrogens with two attached hydrogens (primary N) is 1. The van der Waals surface area contributed by atoms with Gasteiger partial charge in [0.15, 0.2) is 0 Å². The molecule has 1 aliphatic rings. The zero-order valence-electron chi connectivity index (χ0n) is 13.8. The maximum Gasteiger partial charge on any atom is 0.407 e. The lowest BCUT2D eigenvalue weighted by atomic mass is 10.1. The number of hydrogen-bond acceptors (Lipinski definition) is 6. The van der Waals surface area contributed by atoms with Crippen LogP contribution in [-0.4, -0.2) is 36.6 Å². The number of ether oxygens (including phenoxy) is 2. The predicted octanol–water partition coefficient (Wildman–Crippen LogP) is 1.54. The molecule has 0 bridgehead atoms. The minimum Gasteiger partial charge on any atom is -0.450 e.